The van der Waals surface area contributed by atoms with Gasteiger partial charge >= 0.3 is 6.03 Å². The van der Waals surface area contributed by atoms with Gasteiger partial charge in [-0.25, -0.2) is 13.6 Å². The lowest BCUT2D eigenvalue weighted by molar-refractivity contribution is 0.159. The molecule has 1 saturated heterocycles. The highest BCUT2D eigenvalue weighted by atomic mass is 19.2. The summed E-state index contributed by atoms with van der Waals surface area (Å²) in [4.78, 5) is 15.0. The van der Waals surface area contributed by atoms with Crippen LogP contribution in [-0.2, 0) is 11.8 Å². The van der Waals surface area contributed by atoms with Gasteiger partial charge in [0, 0.05) is 51.3 Å². The van der Waals surface area contributed by atoms with E-state index in [-0.39, 0.29) is 12.0 Å². The molecule has 35 heavy (non-hydrogen) atoms. The average Bonchev–Trinajstić information content (AvgIpc) is 3.42. The van der Waals surface area contributed by atoms with Crippen molar-refractivity contribution in [1.82, 2.24) is 20.0 Å². The van der Waals surface area contributed by atoms with E-state index in [4.69, 9.17) is 10.00 Å². The molecular weight excluding hydrogens is 454 g/mol. The second kappa shape index (κ2) is 10.6. The number of methoxy groups -OCH3 is 1. The maximum absolute atomic E-state index is 13.9. The topological polar surface area (TPSA) is 95.2 Å². The zero-order chi connectivity index (χ0) is 24.9. The molecule has 4 rings (SSSR count). The molecule has 0 radical (unpaired) electrons. The summed E-state index contributed by atoms with van der Waals surface area (Å²) in [6.07, 6.45) is 0. The first kappa shape index (κ1) is 24.3. The molecule has 0 spiro atoms. The fourth-order valence-electron chi connectivity index (χ4n) is 4.28. The molecule has 8 nitrogen and oxygen atoms in total. The molecule has 2 unspecified atom stereocenters. The van der Waals surface area contributed by atoms with Crippen molar-refractivity contribution in [1.29, 1.82) is 5.26 Å². The van der Waals surface area contributed by atoms with Crippen LogP contribution < -0.4 is 10.6 Å². The van der Waals surface area contributed by atoms with Crippen LogP contribution in [0.1, 0.15) is 17.0 Å². The second-order valence-electron chi connectivity index (χ2n) is 8.46. The fraction of sp³-hybridized carbons (Fsp3) is 0.320. The number of nitrogens with one attached hydrogen (secondary N) is 2. The third-order valence-corrected chi connectivity index (χ3v) is 6.13. The van der Waals surface area contributed by atoms with E-state index in [1.807, 2.05) is 0 Å². The number of hydrogen-bond donors (Lipinski definition) is 2. The predicted octanol–water partition coefficient (Wildman–Crippen LogP) is 3.47. The molecule has 0 aliphatic carbocycles. The van der Waals surface area contributed by atoms with Gasteiger partial charge in [0.05, 0.1) is 30.0 Å². The summed E-state index contributed by atoms with van der Waals surface area (Å²) in [6, 6.07) is 13.9. The van der Waals surface area contributed by atoms with Crippen LogP contribution in [0, 0.1) is 23.0 Å². The molecule has 1 aromatic heterocycles. The summed E-state index contributed by atoms with van der Waals surface area (Å²) in [5.41, 5.74) is 2.64. The van der Waals surface area contributed by atoms with Crippen LogP contribution in [0.25, 0.3) is 11.3 Å². The largest absolute Gasteiger partial charge is 0.383 e. The highest BCUT2D eigenvalue weighted by Crippen LogP contribution is 2.29. The molecule has 2 heterocycles. The number of carbonyl (C=O) groups is 1. The molecule has 2 aromatic carbocycles. The van der Waals surface area contributed by atoms with Gasteiger partial charge in [-0.2, -0.15) is 10.4 Å². The molecule has 1 aliphatic rings. The highest BCUT2D eigenvalue weighted by molar-refractivity contribution is 5.89. The Kier molecular flexibility index (Phi) is 7.39. The lowest BCUT2D eigenvalue weighted by Gasteiger charge is -2.20. The molecule has 0 bridgehead atoms. The van der Waals surface area contributed by atoms with Crippen molar-refractivity contribution in [2.75, 3.05) is 38.7 Å². The Labute approximate surface area is 202 Å². The molecule has 2 N–H and O–H groups in total. The van der Waals surface area contributed by atoms with Crippen molar-refractivity contribution in [2.24, 2.45) is 7.05 Å². The Hall–Kier alpha value is -3.81. The standard InChI is InChI=1S/C25H26F2N6O2/c1-32-24(12-22(31-32)17-5-3-16(13-28)4-6-17)30-25(34)29-23-15-33(9-10-35-2)14-19(23)18-7-8-20(26)21(27)11-18/h3-8,11-12,19,23H,9-10,14-15H2,1-2H3,(H2,29,30,34). The second-order valence-corrected chi connectivity index (χ2v) is 8.46. The van der Waals surface area contributed by atoms with E-state index in [1.54, 1.807) is 55.2 Å². The molecule has 1 aliphatic heterocycles. The number of hydrogen-bond acceptors (Lipinski definition) is 5. The Balaban J connectivity index is 1.47. The first-order valence-corrected chi connectivity index (χ1v) is 11.2. The number of nitriles is 1. The Morgan fingerprint density at radius 3 is 2.63 bits per heavy atom. The van der Waals surface area contributed by atoms with Crippen LogP contribution in [0.4, 0.5) is 19.4 Å². The van der Waals surface area contributed by atoms with Gasteiger partial charge in [0.15, 0.2) is 11.6 Å². The lowest BCUT2D eigenvalue weighted by Crippen LogP contribution is -2.42. The number of halogens is 2. The van der Waals surface area contributed by atoms with Crippen molar-refractivity contribution in [2.45, 2.75) is 12.0 Å². The van der Waals surface area contributed by atoms with Crippen molar-refractivity contribution in [3.8, 4) is 17.3 Å². The molecule has 3 aromatic rings. The van der Waals surface area contributed by atoms with E-state index in [9.17, 15) is 13.6 Å². The third kappa shape index (κ3) is 5.65. The minimum Gasteiger partial charge on any atom is -0.383 e. The maximum Gasteiger partial charge on any atom is 0.320 e. The van der Waals surface area contributed by atoms with Crippen LogP contribution in [0.3, 0.4) is 0 Å². The zero-order valence-electron chi connectivity index (χ0n) is 19.5. The summed E-state index contributed by atoms with van der Waals surface area (Å²) in [7, 11) is 3.33. The maximum atomic E-state index is 13.9. The number of ether oxygens (including phenoxy) is 1. The third-order valence-electron chi connectivity index (χ3n) is 6.13. The van der Waals surface area contributed by atoms with Crippen molar-refractivity contribution >= 4 is 11.8 Å². The SMILES string of the molecule is COCCN1CC(NC(=O)Nc2cc(-c3ccc(C#N)cc3)nn2C)C(c2ccc(F)c(F)c2)C1. The van der Waals surface area contributed by atoms with E-state index in [0.29, 0.717) is 48.9 Å². The minimum atomic E-state index is -0.911. The highest BCUT2D eigenvalue weighted by Gasteiger charge is 2.35. The van der Waals surface area contributed by atoms with Crippen molar-refractivity contribution in [3.05, 3.63) is 71.3 Å². The Morgan fingerprint density at radius 2 is 1.94 bits per heavy atom. The molecule has 182 valence electrons. The van der Waals surface area contributed by atoms with Crippen molar-refractivity contribution < 1.29 is 18.3 Å². The number of carbonyl (C=O) groups excluding carboxylic acids is 1. The summed E-state index contributed by atoms with van der Waals surface area (Å²) in [5, 5.41) is 19.2. The number of urea groups is 1. The van der Waals surface area contributed by atoms with Gasteiger partial charge in [-0.05, 0) is 29.8 Å². The number of anilines is 1. The van der Waals surface area contributed by atoms with E-state index >= 15 is 0 Å². The smallest absolute Gasteiger partial charge is 0.320 e. The number of rotatable bonds is 7. The van der Waals surface area contributed by atoms with Crippen LogP contribution in [0.5, 0.6) is 0 Å². The summed E-state index contributed by atoms with van der Waals surface area (Å²) in [6.45, 7) is 2.30. The molecule has 2 atom stereocenters. The molecule has 10 heteroatoms. The first-order chi connectivity index (χ1) is 16.9. The van der Waals surface area contributed by atoms with Gasteiger partial charge in [-0.1, -0.05) is 18.2 Å². The van der Waals surface area contributed by atoms with Crippen LogP contribution in [-0.4, -0.2) is 60.1 Å². The van der Waals surface area contributed by atoms with Crippen LogP contribution in [0.15, 0.2) is 48.5 Å². The number of aromatic nitrogens is 2. The Bertz CT molecular complexity index is 1240. The van der Waals surface area contributed by atoms with Crippen LogP contribution in [0.2, 0.25) is 0 Å². The summed E-state index contributed by atoms with van der Waals surface area (Å²) in [5.74, 6) is -1.54. The fourth-order valence-corrected chi connectivity index (χ4v) is 4.28. The lowest BCUT2D eigenvalue weighted by atomic mass is 9.94. The quantitative estimate of drug-likeness (QED) is 0.540. The van der Waals surface area contributed by atoms with Crippen molar-refractivity contribution in [3.63, 3.8) is 0 Å². The van der Waals surface area contributed by atoms with Gasteiger partial charge in [0.1, 0.15) is 5.82 Å². The van der Waals surface area contributed by atoms with E-state index in [1.165, 1.54) is 6.07 Å². The minimum absolute atomic E-state index is 0.214. The number of amides is 2. The average molecular weight is 481 g/mol. The van der Waals surface area contributed by atoms with Gasteiger partial charge in [-0.15, -0.1) is 0 Å². The summed E-state index contributed by atoms with van der Waals surface area (Å²) < 4.78 is 34.1. The van der Waals surface area contributed by atoms with Gasteiger partial charge < -0.3 is 10.1 Å². The molecule has 1 fully saturated rings. The Morgan fingerprint density at radius 1 is 1.17 bits per heavy atom. The molecular formula is C25H26F2N6O2. The normalized spacial score (nSPS) is 17.8. The monoisotopic (exact) mass is 480 g/mol. The molecule has 0 saturated carbocycles. The van der Waals surface area contributed by atoms with Gasteiger partial charge in [0.25, 0.3) is 0 Å². The number of benzene rings is 2. The molecule has 2 amide bonds. The van der Waals surface area contributed by atoms with Gasteiger partial charge in [0.2, 0.25) is 0 Å². The number of aryl methyl sites for hydroxylation is 1. The predicted molar refractivity (Wildman–Crippen MR) is 127 cm³/mol. The van der Waals surface area contributed by atoms with Crippen LogP contribution >= 0.6 is 0 Å². The first-order valence-electron chi connectivity index (χ1n) is 11.2. The zero-order valence-corrected chi connectivity index (χ0v) is 19.5. The summed E-state index contributed by atoms with van der Waals surface area (Å²) >= 11 is 0. The van der Waals surface area contributed by atoms with Gasteiger partial charge in [-0.3, -0.25) is 14.9 Å². The number of likely N-dealkylation sites (tertiary alicyclic amines) is 1. The van der Waals surface area contributed by atoms with E-state index in [0.717, 1.165) is 11.6 Å². The van der Waals surface area contributed by atoms with E-state index < -0.39 is 17.7 Å². The van der Waals surface area contributed by atoms with E-state index in [2.05, 4.69) is 26.7 Å². The number of nitrogens with zero attached hydrogens (tertiary/aromatic N) is 4.